The van der Waals surface area contributed by atoms with Crippen LogP contribution in [0.2, 0.25) is 0 Å². The number of aryl methyl sites for hydroxylation is 1. The predicted octanol–water partition coefficient (Wildman–Crippen LogP) is 2.11. The number of aromatic nitrogens is 1. The molecule has 2 aromatic rings. The van der Waals surface area contributed by atoms with E-state index in [0.29, 0.717) is 23.3 Å². The van der Waals surface area contributed by atoms with E-state index >= 15 is 0 Å². The summed E-state index contributed by atoms with van der Waals surface area (Å²) >= 11 is 0. The Morgan fingerprint density at radius 3 is 2.82 bits per heavy atom. The topological polar surface area (TPSA) is 58.4 Å². The second kappa shape index (κ2) is 4.95. The number of rotatable bonds is 2. The number of amides is 1. The SMILES string of the molecule is Cc1cc(C(=O)N[C@@H]2c3ccccc3[C@@H]3CN(C)C[C@H]23)no1. The van der Waals surface area contributed by atoms with Gasteiger partial charge >= 0.3 is 0 Å². The summed E-state index contributed by atoms with van der Waals surface area (Å²) in [5.41, 5.74) is 2.97. The highest BCUT2D eigenvalue weighted by molar-refractivity contribution is 5.92. The molecule has 3 atom stereocenters. The third-order valence-corrected chi connectivity index (χ3v) is 4.85. The Labute approximate surface area is 129 Å². The van der Waals surface area contributed by atoms with E-state index in [2.05, 4.69) is 40.6 Å². The number of fused-ring (bicyclic) bond motifs is 3. The molecule has 2 aliphatic rings. The highest BCUT2D eigenvalue weighted by Crippen LogP contribution is 2.48. The van der Waals surface area contributed by atoms with Crippen molar-refractivity contribution in [2.75, 3.05) is 20.1 Å². The van der Waals surface area contributed by atoms with Gasteiger partial charge in [-0.3, -0.25) is 4.79 Å². The number of hydrogen-bond donors (Lipinski definition) is 1. The number of benzene rings is 1. The molecule has 0 unspecified atom stereocenters. The molecule has 0 radical (unpaired) electrons. The van der Waals surface area contributed by atoms with Crippen molar-refractivity contribution in [3.05, 3.63) is 52.9 Å². The highest BCUT2D eigenvalue weighted by Gasteiger charge is 2.45. The molecule has 1 aromatic heterocycles. The third-order valence-electron chi connectivity index (χ3n) is 4.85. The van der Waals surface area contributed by atoms with Gasteiger partial charge in [0.25, 0.3) is 5.91 Å². The molecule has 1 aliphatic carbocycles. The quantitative estimate of drug-likeness (QED) is 0.922. The van der Waals surface area contributed by atoms with Gasteiger partial charge in [0.15, 0.2) is 5.69 Å². The molecule has 0 saturated carbocycles. The van der Waals surface area contributed by atoms with Crippen LogP contribution in [-0.2, 0) is 0 Å². The zero-order valence-corrected chi connectivity index (χ0v) is 12.7. The lowest BCUT2D eigenvalue weighted by atomic mass is 9.94. The predicted molar refractivity (Wildman–Crippen MR) is 81.6 cm³/mol. The Balaban J connectivity index is 1.64. The van der Waals surface area contributed by atoms with Crippen LogP contribution in [0.1, 0.15) is 39.3 Å². The summed E-state index contributed by atoms with van der Waals surface area (Å²) < 4.78 is 5.00. The van der Waals surface area contributed by atoms with Crippen LogP contribution in [-0.4, -0.2) is 36.1 Å². The van der Waals surface area contributed by atoms with Crippen molar-refractivity contribution in [1.29, 1.82) is 0 Å². The zero-order valence-electron chi connectivity index (χ0n) is 12.7. The summed E-state index contributed by atoms with van der Waals surface area (Å²) in [7, 11) is 2.14. The van der Waals surface area contributed by atoms with Gasteiger partial charge in [-0.15, -0.1) is 0 Å². The number of carbonyl (C=O) groups is 1. The normalized spacial score (nSPS) is 26.7. The fraction of sp³-hybridized carbons (Fsp3) is 0.412. The van der Waals surface area contributed by atoms with Gasteiger partial charge in [0.1, 0.15) is 5.76 Å². The Kier molecular flexibility index (Phi) is 3.04. The lowest BCUT2D eigenvalue weighted by Gasteiger charge is -2.21. The van der Waals surface area contributed by atoms with E-state index in [4.69, 9.17) is 4.52 Å². The average molecular weight is 297 g/mol. The number of nitrogens with zero attached hydrogens (tertiary/aromatic N) is 2. The van der Waals surface area contributed by atoms with Crippen molar-refractivity contribution in [1.82, 2.24) is 15.4 Å². The maximum absolute atomic E-state index is 12.4. The zero-order chi connectivity index (χ0) is 15.3. The lowest BCUT2D eigenvalue weighted by molar-refractivity contribution is 0.0915. The molecule has 2 heterocycles. The molecule has 0 bridgehead atoms. The molecule has 1 aromatic carbocycles. The molecular weight excluding hydrogens is 278 g/mol. The van der Waals surface area contributed by atoms with Gasteiger partial charge in [-0.1, -0.05) is 29.4 Å². The third kappa shape index (κ3) is 2.04. The first-order chi connectivity index (χ1) is 10.6. The van der Waals surface area contributed by atoms with E-state index in [1.807, 2.05) is 6.07 Å². The van der Waals surface area contributed by atoms with Gasteiger partial charge in [-0.2, -0.15) is 0 Å². The Hall–Kier alpha value is -2.14. The van der Waals surface area contributed by atoms with Crippen molar-refractivity contribution in [2.24, 2.45) is 5.92 Å². The molecule has 1 saturated heterocycles. The summed E-state index contributed by atoms with van der Waals surface area (Å²) in [5.74, 6) is 1.42. The molecule has 1 amide bonds. The van der Waals surface area contributed by atoms with Crippen LogP contribution in [0, 0.1) is 12.8 Å². The Bertz CT molecular complexity index is 724. The van der Waals surface area contributed by atoms with Gasteiger partial charge in [0, 0.05) is 31.0 Å². The molecular formula is C17H19N3O2. The summed E-state index contributed by atoms with van der Waals surface area (Å²) in [5, 5.41) is 6.99. The molecule has 1 fully saturated rings. The molecule has 4 rings (SSSR count). The first kappa shape index (κ1) is 13.5. The van der Waals surface area contributed by atoms with Crippen LogP contribution >= 0.6 is 0 Å². The summed E-state index contributed by atoms with van der Waals surface area (Å²) in [4.78, 5) is 14.8. The maximum Gasteiger partial charge on any atom is 0.273 e. The molecule has 0 spiro atoms. The number of likely N-dealkylation sites (tertiary alicyclic amines) is 1. The first-order valence-electron chi connectivity index (χ1n) is 7.65. The second-order valence-corrected chi connectivity index (χ2v) is 6.39. The van der Waals surface area contributed by atoms with Crippen LogP contribution in [0.4, 0.5) is 0 Å². The van der Waals surface area contributed by atoms with E-state index < -0.39 is 0 Å². The standard InChI is InChI=1S/C17H19N3O2/c1-10-7-15(19-22-10)17(21)18-16-12-6-4-3-5-11(12)13-8-20(2)9-14(13)16/h3-7,13-14,16H,8-9H2,1-2H3,(H,18,21)/t13-,14-,16+/m0/s1. The van der Waals surface area contributed by atoms with Gasteiger partial charge < -0.3 is 14.7 Å². The van der Waals surface area contributed by atoms with Gasteiger partial charge in [0.05, 0.1) is 6.04 Å². The Morgan fingerprint density at radius 2 is 2.09 bits per heavy atom. The lowest BCUT2D eigenvalue weighted by Crippen LogP contribution is -2.33. The minimum absolute atomic E-state index is 0.0515. The molecule has 5 heteroatoms. The molecule has 114 valence electrons. The summed E-state index contributed by atoms with van der Waals surface area (Å²) in [6, 6.07) is 10.2. The number of carbonyl (C=O) groups excluding carboxylic acids is 1. The molecule has 1 aliphatic heterocycles. The maximum atomic E-state index is 12.4. The fourth-order valence-corrected chi connectivity index (χ4v) is 3.94. The minimum Gasteiger partial charge on any atom is -0.361 e. The number of likely N-dealkylation sites (N-methyl/N-ethyl adjacent to an activating group) is 1. The van der Waals surface area contributed by atoms with E-state index in [-0.39, 0.29) is 11.9 Å². The second-order valence-electron chi connectivity index (χ2n) is 6.39. The van der Waals surface area contributed by atoms with Crippen molar-refractivity contribution < 1.29 is 9.32 Å². The van der Waals surface area contributed by atoms with Crippen LogP contribution in [0.25, 0.3) is 0 Å². The van der Waals surface area contributed by atoms with E-state index in [1.165, 1.54) is 11.1 Å². The van der Waals surface area contributed by atoms with E-state index in [9.17, 15) is 4.79 Å². The van der Waals surface area contributed by atoms with Crippen LogP contribution in [0.3, 0.4) is 0 Å². The molecule has 1 N–H and O–H groups in total. The molecule has 22 heavy (non-hydrogen) atoms. The van der Waals surface area contributed by atoms with Crippen LogP contribution in [0.5, 0.6) is 0 Å². The monoisotopic (exact) mass is 297 g/mol. The first-order valence-corrected chi connectivity index (χ1v) is 7.65. The number of hydrogen-bond acceptors (Lipinski definition) is 4. The number of nitrogens with one attached hydrogen (secondary N) is 1. The van der Waals surface area contributed by atoms with Gasteiger partial charge in [-0.25, -0.2) is 0 Å². The van der Waals surface area contributed by atoms with E-state index in [0.717, 1.165) is 13.1 Å². The van der Waals surface area contributed by atoms with Gasteiger partial charge in [-0.05, 0) is 25.1 Å². The summed E-state index contributed by atoms with van der Waals surface area (Å²) in [6.07, 6.45) is 0. The van der Waals surface area contributed by atoms with Gasteiger partial charge in [0.2, 0.25) is 0 Å². The smallest absolute Gasteiger partial charge is 0.273 e. The minimum atomic E-state index is -0.160. The molecule has 5 nitrogen and oxygen atoms in total. The summed E-state index contributed by atoms with van der Waals surface area (Å²) in [6.45, 7) is 3.84. The fourth-order valence-electron chi connectivity index (χ4n) is 3.94. The Morgan fingerprint density at radius 1 is 1.32 bits per heavy atom. The van der Waals surface area contributed by atoms with Crippen molar-refractivity contribution in [3.8, 4) is 0 Å². The van der Waals surface area contributed by atoms with Crippen LogP contribution in [0.15, 0.2) is 34.9 Å². The van der Waals surface area contributed by atoms with E-state index in [1.54, 1.807) is 13.0 Å². The van der Waals surface area contributed by atoms with Crippen molar-refractivity contribution in [3.63, 3.8) is 0 Å². The largest absolute Gasteiger partial charge is 0.361 e. The highest BCUT2D eigenvalue weighted by atomic mass is 16.5. The van der Waals surface area contributed by atoms with Crippen molar-refractivity contribution >= 4 is 5.91 Å². The van der Waals surface area contributed by atoms with Crippen LogP contribution < -0.4 is 5.32 Å². The average Bonchev–Trinajstić information content (AvgIpc) is 3.16. The van der Waals surface area contributed by atoms with Crippen molar-refractivity contribution in [2.45, 2.75) is 18.9 Å².